The fraction of sp³-hybridized carbons (Fsp3) is 0.467. The van der Waals surface area contributed by atoms with Crippen LogP contribution in [-0.4, -0.2) is 20.5 Å². The molecule has 0 bridgehead atoms. The molecule has 1 aliphatic carbocycles. The Morgan fingerprint density at radius 2 is 2.05 bits per heavy atom. The van der Waals surface area contributed by atoms with Gasteiger partial charge in [-0.3, -0.25) is 0 Å². The summed E-state index contributed by atoms with van der Waals surface area (Å²) in [5, 5.41) is 0. The number of benzene rings is 1. The maximum absolute atomic E-state index is 14.1. The van der Waals surface area contributed by atoms with Gasteiger partial charge in [0.05, 0.1) is 6.54 Å². The molecule has 0 aromatic heterocycles. The van der Waals surface area contributed by atoms with Gasteiger partial charge in [0.25, 0.3) is 0 Å². The van der Waals surface area contributed by atoms with Crippen LogP contribution in [0, 0.1) is 17.7 Å². The number of nitrogens with one attached hydrogen (secondary N) is 1. The van der Waals surface area contributed by atoms with Crippen molar-refractivity contribution in [3.63, 3.8) is 0 Å². The standard InChI is InChI=1S/C15H19FN2O2S/c1-15(8-2-3-9-15)18-21(19,20)14-7-6-12(5-4-10-17)11-13(14)16/h6-7,11,18H,2-3,8-10,17H2,1H3. The van der Waals surface area contributed by atoms with Crippen LogP contribution in [-0.2, 0) is 10.0 Å². The van der Waals surface area contributed by atoms with Gasteiger partial charge >= 0.3 is 0 Å². The Kier molecular flexibility index (Phi) is 4.67. The maximum Gasteiger partial charge on any atom is 0.243 e. The first kappa shape index (κ1) is 16.0. The second-order valence-electron chi connectivity index (χ2n) is 5.52. The normalized spacial score (nSPS) is 17.3. The molecule has 1 saturated carbocycles. The number of sulfonamides is 1. The summed E-state index contributed by atoms with van der Waals surface area (Å²) in [6.45, 7) is 2.03. The van der Waals surface area contributed by atoms with Gasteiger partial charge in [-0.2, -0.15) is 0 Å². The van der Waals surface area contributed by atoms with E-state index in [9.17, 15) is 12.8 Å². The van der Waals surface area contributed by atoms with Crippen molar-refractivity contribution in [2.45, 2.75) is 43.0 Å². The molecule has 0 heterocycles. The molecule has 0 amide bonds. The Bertz CT molecular complexity index is 683. The number of hydrogen-bond donors (Lipinski definition) is 2. The van der Waals surface area contributed by atoms with E-state index < -0.39 is 21.4 Å². The Hall–Kier alpha value is -1.42. The van der Waals surface area contributed by atoms with Gasteiger partial charge in [0, 0.05) is 11.1 Å². The lowest BCUT2D eigenvalue weighted by molar-refractivity contribution is 0.425. The van der Waals surface area contributed by atoms with Crippen LogP contribution >= 0.6 is 0 Å². The molecule has 6 heteroatoms. The zero-order chi connectivity index (χ0) is 15.5. The number of nitrogens with two attached hydrogens (primary N) is 1. The first-order valence-corrected chi connectivity index (χ1v) is 8.37. The molecule has 4 nitrogen and oxygen atoms in total. The van der Waals surface area contributed by atoms with Crippen LogP contribution in [0.4, 0.5) is 4.39 Å². The lowest BCUT2D eigenvalue weighted by Crippen LogP contribution is -2.43. The summed E-state index contributed by atoms with van der Waals surface area (Å²) in [6, 6.07) is 3.85. The zero-order valence-corrected chi connectivity index (χ0v) is 12.8. The topological polar surface area (TPSA) is 72.2 Å². The molecule has 0 unspecified atom stereocenters. The smallest absolute Gasteiger partial charge is 0.243 e. The zero-order valence-electron chi connectivity index (χ0n) is 11.9. The fourth-order valence-electron chi connectivity index (χ4n) is 2.59. The van der Waals surface area contributed by atoms with Gasteiger partial charge in [0.1, 0.15) is 10.7 Å². The molecule has 0 radical (unpaired) electrons. The van der Waals surface area contributed by atoms with Crippen LogP contribution in [0.15, 0.2) is 23.1 Å². The first-order chi connectivity index (χ1) is 9.86. The summed E-state index contributed by atoms with van der Waals surface area (Å²) in [5.41, 5.74) is 5.17. The molecule has 114 valence electrons. The predicted octanol–water partition coefficient (Wildman–Crippen LogP) is 1.75. The average molecular weight is 310 g/mol. The van der Waals surface area contributed by atoms with Crippen LogP contribution in [0.3, 0.4) is 0 Å². The molecule has 3 N–H and O–H groups in total. The minimum absolute atomic E-state index is 0.168. The highest BCUT2D eigenvalue weighted by Gasteiger charge is 2.34. The van der Waals surface area contributed by atoms with Crippen molar-refractivity contribution in [1.29, 1.82) is 0 Å². The second-order valence-corrected chi connectivity index (χ2v) is 7.18. The van der Waals surface area contributed by atoms with Crippen LogP contribution in [0.5, 0.6) is 0 Å². The molecule has 1 aromatic carbocycles. The molecule has 21 heavy (non-hydrogen) atoms. The lowest BCUT2D eigenvalue weighted by atomic mass is 10.0. The van der Waals surface area contributed by atoms with Gasteiger partial charge in [0.15, 0.2) is 0 Å². The van der Waals surface area contributed by atoms with E-state index >= 15 is 0 Å². The van der Waals surface area contributed by atoms with E-state index in [4.69, 9.17) is 5.73 Å². The largest absolute Gasteiger partial charge is 0.320 e. The van der Waals surface area contributed by atoms with E-state index in [0.29, 0.717) is 5.56 Å². The van der Waals surface area contributed by atoms with Crippen molar-refractivity contribution in [3.8, 4) is 11.8 Å². The van der Waals surface area contributed by atoms with Crippen LogP contribution in [0.2, 0.25) is 0 Å². The van der Waals surface area contributed by atoms with Crippen molar-refractivity contribution >= 4 is 10.0 Å². The monoisotopic (exact) mass is 310 g/mol. The highest BCUT2D eigenvalue weighted by Crippen LogP contribution is 2.31. The second kappa shape index (κ2) is 6.14. The Morgan fingerprint density at radius 1 is 1.38 bits per heavy atom. The summed E-state index contributed by atoms with van der Waals surface area (Å²) in [7, 11) is -3.87. The molecular weight excluding hydrogens is 291 g/mol. The molecule has 0 aliphatic heterocycles. The van der Waals surface area contributed by atoms with Gasteiger partial charge < -0.3 is 5.73 Å². The van der Waals surface area contributed by atoms with Gasteiger partial charge in [-0.05, 0) is 38.0 Å². The van der Waals surface area contributed by atoms with E-state index in [1.54, 1.807) is 0 Å². The van der Waals surface area contributed by atoms with Crippen molar-refractivity contribution in [1.82, 2.24) is 4.72 Å². The quantitative estimate of drug-likeness (QED) is 0.835. The Balaban J connectivity index is 2.28. The average Bonchev–Trinajstić information content (AvgIpc) is 2.81. The molecule has 0 spiro atoms. The van der Waals surface area contributed by atoms with E-state index in [2.05, 4.69) is 16.6 Å². The highest BCUT2D eigenvalue weighted by atomic mass is 32.2. The number of halogens is 1. The molecule has 1 fully saturated rings. The summed E-state index contributed by atoms with van der Waals surface area (Å²) >= 11 is 0. The van der Waals surface area contributed by atoms with Crippen molar-refractivity contribution in [2.75, 3.05) is 6.54 Å². The molecule has 2 rings (SSSR count). The molecular formula is C15H19FN2O2S. The van der Waals surface area contributed by atoms with Gasteiger partial charge in [-0.25, -0.2) is 17.5 Å². The van der Waals surface area contributed by atoms with E-state index in [1.807, 2.05) is 6.92 Å². The van der Waals surface area contributed by atoms with Gasteiger partial charge in [-0.15, -0.1) is 0 Å². The first-order valence-electron chi connectivity index (χ1n) is 6.89. The minimum Gasteiger partial charge on any atom is -0.320 e. The van der Waals surface area contributed by atoms with Crippen LogP contribution in [0.25, 0.3) is 0 Å². The summed E-state index contributed by atoms with van der Waals surface area (Å²) < 4.78 is 41.3. The molecule has 0 saturated heterocycles. The third-order valence-corrected chi connectivity index (χ3v) is 5.32. The predicted molar refractivity (Wildman–Crippen MR) is 79.5 cm³/mol. The third-order valence-electron chi connectivity index (χ3n) is 3.64. The molecule has 1 aromatic rings. The Labute approximate surface area is 125 Å². The van der Waals surface area contributed by atoms with E-state index in [0.717, 1.165) is 31.7 Å². The van der Waals surface area contributed by atoms with Crippen molar-refractivity contribution < 1.29 is 12.8 Å². The lowest BCUT2D eigenvalue weighted by Gasteiger charge is -2.25. The Morgan fingerprint density at radius 3 is 2.62 bits per heavy atom. The third kappa shape index (κ3) is 3.82. The number of rotatable bonds is 3. The highest BCUT2D eigenvalue weighted by molar-refractivity contribution is 7.89. The summed E-state index contributed by atoms with van der Waals surface area (Å²) in [4.78, 5) is -0.339. The van der Waals surface area contributed by atoms with Crippen LogP contribution in [0.1, 0.15) is 38.2 Å². The maximum atomic E-state index is 14.1. The fourth-order valence-corrected chi connectivity index (χ4v) is 4.11. The SMILES string of the molecule is CC1(NS(=O)(=O)c2ccc(C#CCN)cc2F)CCCC1. The minimum atomic E-state index is -3.87. The van der Waals surface area contributed by atoms with E-state index in [1.165, 1.54) is 12.1 Å². The molecule has 0 atom stereocenters. The molecule has 1 aliphatic rings. The van der Waals surface area contributed by atoms with Crippen molar-refractivity contribution in [3.05, 3.63) is 29.6 Å². The summed E-state index contributed by atoms with van der Waals surface area (Å²) in [6.07, 6.45) is 3.51. The summed E-state index contributed by atoms with van der Waals surface area (Å²) in [5.74, 6) is 4.48. The van der Waals surface area contributed by atoms with Gasteiger partial charge in [-0.1, -0.05) is 24.7 Å². The van der Waals surface area contributed by atoms with Crippen LogP contribution < -0.4 is 10.5 Å². The van der Waals surface area contributed by atoms with E-state index in [-0.39, 0.29) is 11.4 Å². The van der Waals surface area contributed by atoms with Gasteiger partial charge in [0.2, 0.25) is 10.0 Å². The van der Waals surface area contributed by atoms with Crippen molar-refractivity contribution in [2.24, 2.45) is 5.73 Å². The number of hydrogen-bond acceptors (Lipinski definition) is 3.